The van der Waals surface area contributed by atoms with Gasteiger partial charge in [-0.25, -0.2) is 0 Å². The van der Waals surface area contributed by atoms with Gasteiger partial charge in [-0.05, 0) is 18.6 Å². The van der Waals surface area contributed by atoms with E-state index in [9.17, 15) is 0 Å². The van der Waals surface area contributed by atoms with Gasteiger partial charge >= 0.3 is 0 Å². The normalized spacial score (nSPS) is 11.4. The minimum Gasteiger partial charge on any atom is -0.496 e. The smallest absolute Gasteiger partial charge is 0.223 e. The Morgan fingerprint density at radius 1 is 1.27 bits per heavy atom. The van der Waals surface area contributed by atoms with Gasteiger partial charge in [-0.2, -0.15) is 4.98 Å². The molecule has 1 aromatic heterocycles. The SMILES string of the molecule is CN=C(NCc1noc(C)n1)NCc1ccc(C)cc1OC. The van der Waals surface area contributed by atoms with Crippen LogP contribution in [0.2, 0.25) is 0 Å². The van der Waals surface area contributed by atoms with Crippen molar-refractivity contribution >= 4 is 5.96 Å². The van der Waals surface area contributed by atoms with E-state index in [1.165, 1.54) is 0 Å². The third-order valence-electron chi connectivity index (χ3n) is 3.10. The van der Waals surface area contributed by atoms with Gasteiger partial charge in [0.15, 0.2) is 11.8 Å². The number of nitrogens with one attached hydrogen (secondary N) is 2. The second-order valence-corrected chi connectivity index (χ2v) is 4.82. The maximum atomic E-state index is 5.39. The van der Waals surface area contributed by atoms with Crippen LogP contribution in [-0.2, 0) is 13.1 Å². The molecular formula is C15H21N5O2. The molecule has 22 heavy (non-hydrogen) atoms. The molecule has 7 heteroatoms. The zero-order chi connectivity index (χ0) is 15.9. The molecule has 0 saturated carbocycles. The minimum absolute atomic E-state index is 0.446. The molecule has 0 unspecified atom stereocenters. The largest absolute Gasteiger partial charge is 0.496 e. The van der Waals surface area contributed by atoms with E-state index in [0.717, 1.165) is 16.9 Å². The lowest BCUT2D eigenvalue weighted by Gasteiger charge is -2.13. The summed E-state index contributed by atoms with van der Waals surface area (Å²) in [6.07, 6.45) is 0. The Hall–Kier alpha value is -2.57. The molecule has 0 radical (unpaired) electrons. The molecule has 2 aromatic rings. The number of aromatic nitrogens is 2. The third-order valence-corrected chi connectivity index (χ3v) is 3.10. The first-order valence-corrected chi connectivity index (χ1v) is 6.99. The predicted molar refractivity (Wildman–Crippen MR) is 83.8 cm³/mol. The molecule has 1 aromatic carbocycles. The number of aliphatic imine (C=N–C) groups is 1. The lowest BCUT2D eigenvalue weighted by Crippen LogP contribution is -2.36. The quantitative estimate of drug-likeness (QED) is 0.644. The summed E-state index contributed by atoms with van der Waals surface area (Å²) in [7, 11) is 3.38. The van der Waals surface area contributed by atoms with Gasteiger partial charge in [0.2, 0.25) is 5.89 Å². The molecule has 0 aliphatic heterocycles. The van der Waals surface area contributed by atoms with E-state index in [-0.39, 0.29) is 0 Å². The van der Waals surface area contributed by atoms with Crippen molar-refractivity contribution in [1.29, 1.82) is 0 Å². The van der Waals surface area contributed by atoms with E-state index in [1.807, 2.05) is 19.1 Å². The van der Waals surface area contributed by atoms with E-state index >= 15 is 0 Å². The van der Waals surface area contributed by atoms with Crippen LogP contribution in [0.4, 0.5) is 0 Å². The van der Waals surface area contributed by atoms with Gasteiger partial charge in [-0.1, -0.05) is 17.3 Å². The molecule has 0 spiro atoms. The molecule has 118 valence electrons. The highest BCUT2D eigenvalue weighted by atomic mass is 16.5. The highest BCUT2D eigenvalue weighted by Gasteiger charge is 2.06. The molecule has 1 heterocycles. The van der Waals surface area contributed by atoms with E-state index in [4.69, 9.17) is 9.26 Å². The van der Waals surface area contributed by atoms with Crippen LogP contribution in [-0.4, -0.2) is 30.3 Å². The molecule has 0 fully saturated rings. The summed E-state index contributed by atoms with van der Waals surface area (Å²) < 4.78 is 10.3. The van der Waals surface area contributed by atoms with E-state index in [0.29, 0.717) is 30.8 Å². The topological polar surface area (TPSA) is 84.6 Å². The average Bonchev–Trinajstić information content (AvgIpc) is 2.94. The zero-order valence-corrected chi connectivity index (χ0v) is 13.3. The van der Waals surface area contributed by atoms with Crippen molar-refractivity contribution in [3.8, 4) is 5.75 Å². The van der Waals surface area contributed by atoms with Gasteiger partial charge in [0.25, 0.3) is 0 Å². The first-order valence-electron chi connectivity index (χ1n) is 6.99. The van der Waals surface area contributed by atoms with Crippen molar-refractivity contribution in [2.75, 3.05) is 14.2 Å². The van der Waals surface area contributed by atoms with Crippen molar-refractivity contribution in [3.05, 3.63) is 41.0 Å². The first kappa shape index (κ1) is 15.8. The van der Waals surface area contributed by atoms with E-state index in [1.54, 1.807) is 21.1 Å². The Kier molecular flexibility index (Phi) is 5.35. The van der Waals surface area contributed by atoms with Crippen LogP contribution in [0.1, 0.15) is 22.8 Å². The highest BCUT2D eigenvalue weighted by Crippen LogP contribution is 2.19. The number of rotatable bonds is 5. The lowest BCUT2D eigenvalue weighted by atomic mass is 10.1. The molecule has 0 atom stereocenters. The number of benzene rings is 1. The fraction of sp³-hybridized carbons (Fsp3) is 0.400. The van der Waals surface area contributed by atoms with Crippen LogP contribution in [0.15, 0.2) is 27.7 Å². The Morgan fingerprint density at radius 2 is 2.05 bits per heavy atom. The molecule has 0 aliphatic carbocycles. The van der Waals surface area contributed by atoms with Crippen LogP contribution in [0.5, 0.6) is 5.75 Å². The van der Waals surface area contributed by atoms with Gasteiger partial charge in [0.05, 0.1) is 13.7 Å². The van der Waals surface area contributed by atoms with Crippen LogP contribution < -0.4 is 15.4 Å². The molecule has 0 amide bonds. The Labute approximate surface area is 129 Å². The fourth-order valence-electron chi connectivity index (χ4n) is 1.97. The summed E-state index contributed by atoms with van der Waals surface area (Å²) in [5, 5.41) is 10.2. The molecular weight excluding hydrogens is 282 g/mol. The second-order valence-electron chi connectivity index (χ2n) is 4.82. The molecule has 7 nitrogen and oxygen atoms in total. The summed E-state index contributed by atoms with van der Waals surface area (Å²) in [6, 6.07) is 6.10. The summed E-state index contributed by atoms with van der Waals surface area (Å²) in [5.74, 6) is 2.65. The average molecular weight is 303 g/mol. The number of guanidine groups is 1. The van der Waals surface area contributed by atoms with Gasteiger partial charge in [-0.3, -0.25) is 4.99 Å². The van der Waals surface area contributed by atoms with Crippen molar-refractivity contribution in [1.82, 2.24) is 20.8 Å². The Bertz CT molecular complexity index is 651. The van der Waals surface area contributed by atoms with Crippen LogP contribution in [0.25, 0.3) is 0 Å². The highest BCUT2D eigenvalue weighted by molar-refractivity contribution is 5.79. The Morgan fingerprint density at radius 3 is 2.68 bits per heavy atom. The zero-order valence-electron chi connectivity index (χ0n) is 13.3. The van der Waals surface area contributed by atoms with Gasteiger partial charge in [0.1, 0.15) is 5.75 Å². The summed E-state index contributed by atoms with van der Waals surface area (Å²) in [6.45, 7) is 4.84. The second kappa shape index (κ2) is 7.44. The van der Waals surface area contributed by atoms with Crippen LogP contribution in [0.3, 0.4) is 0 Å². The van der Waals surface area contributed by atoms with Gasteiger partial charge < -0.3 is 19.9 Å². The lowest BCUT2D eigenvalue weighted by molar-refractivity contribution is 0.386. The number of hydrogen-bond acceptors (Lipinski definition) is 5. The number of ether oxygens (including phenoxy) is 1. The van der Waals surface area contributed by atoms with Gasteiger partial charge in [0, 0.05) is 26.1 Å². The molecule has 0 saturated heterocycles. The molecule has 2 rings (SSSR count). The number of aryl methyl sites for hydroxylation is 2. The summed E-state index contributed by atoms with van der Waals surface area (Å²) in [5.41, 5.74) is 2.22. The first-order chi connectivity index (χ1) is 10.6. The van der Waals surface area contributed by atoms with E-state index in [2.05, 4.69) is 31.8 Å². The molecule has 0 aliphatic rings. The van der Waals surface area contributed by atoms with Gasteiger partial charge in [-0.15, -0.1) is 0 Å². The number of methoxy groups -OCH3 is 1. The summed E-state index contributed by atoms with van der Waals surface area (Å²) in [4.78, 5) is 8.29. The van der Waals surface area contributed by atoms with Crippen molar-refractivity contribution < 1.29 is 9.26 Å². The Balaban J connectivity index is 1.91. The maximum absolute atomic E-state index is 5.39. The molecule has 2 N–H and O–H groups in total. The van der Waals surface area contributed by atoms with E-state index < -0.39 is 0 Å². The standard InChI is InChI=1S/C15H21N5O2/c1-10-5-6-12(13(7-10)21-4)8-17-15(16-3)18-9-14-19-11(2)22-20-14/h5-7H,8-9H2,1-4H3,(H2,16,17,18). The maximum Gasteiger partial charge on any atom is 0.223 e. The third kappa shape index (κ3) is 4.21. The summed E-state index contributed by atoms with van der Waals surface area (Å²) >= 11 is 0. The van der Waals surface area contributed by atoms with Crippen LogP contribution in [0, 0.1) is 13.8 Å². The van der Waals surface area contributed by atoms with Crippen molar-refractivity contribution in [3.63, 3.8) is 0 Å². The molecule has 0 bridgehead atoms. The number of hydrogen-bond donors (Lipinski definition) is 2. The minimum atomic E-state index is 0.446. The van der Waals surface area contributed by atoms with Crippen molar-refractivity contribution in [2.24, 2.45) is 4.99 Å². The fourth-order valence-corrected chi connectivity index (χ4v) is 1.97. The number of nitrogens with zero attached hydrogens (tertiary/aromatic N) is 3. The van der Waals surface area contributed by atoms with Crippen LogP contribution >= 0.6 is 0 Å². The monoisotopic (exact) mass is 303 g/mol. The van der Waals surface area contributed by atoms with Crippen molar-refractivity contribution in [2.45, 2.75) is 26.9 Å². The predicted octanol–water partition coefficient (Wildman–Crippen LogP) is 1.56.